The van der Waals surface area contributed by atoms with Crippen molar-refractivity contribution < 1.29 is 19.4 Å². The fraction of sp³-hybridized carbons (Fsp3) is 0.886. The molecule has 0 bridgehead atoms. The van der Waals surface area contributed by atoms with Crippen LogP contribution in [0.3, 0.4) is 0 Å². The summed E-state index contributed by atoms with van der Waals surface area (Å²) in [5.74, 6) is -1.74. The molecule has 0 radical (unpaired) electrons. The van der Waals surface area contributed by atoms with E-state index < -0.39 is 11.9 Å². The Morgan fingerprint density at radius 2 is 0.949 bits per heavy atom. The second-order valence-corrected chi connectivity index (χ2v) is 11.7. The van der Waals surface area contributed by atoms with Gasteiger partial charge in [0, 0.05) is 0 Å². The quantitative estimate of drug-likeness (QED) is 0.0529. The number of carboxylic acid groups (broad SMARTS) is 1. The molecule has 0 aliphatic heterocycles. The molecule has 39 heavy (non-hydrogen) atoms. The van der Waals surface area contributed by atoms with E-state index in [0.29, 0.717) is 13.0 Å². The van der Waals surface area contributed by atoms with Crippen molar-refractivity contribution in [2.24, 2.45) is 5.92 Å². The maximum Gasteiger partial charge on any atom is 0.309 e. The molecule has 0 rings (SSSR count). The van der Waals surface area contributed by atoms with E-state index in [4.69, 9.17) is 9.84 Å². The summed E-state index contributed by atoms with van der Waals surface area (Å²) in [6.07, 6.45) is 38.1. The van der Waals surface area contributed by atoms with Gasteiger partial charge in [-0.25, -0.2) is 0 Å². The van der Waals surface area contributed by atoms with Gasteiger partial charge in [-0.15, -0.1) is 0 Å². The summed E-state index contributed by atoms with van der Waals surface area (Å²) in [7, 11) is 0. The van der Waals surface area contributed by atoms with Gasteiger partial charge in [-0.2, -0.15) is 0 Å². The summed E-state index contributed by atoms with van der Waals surface area (Å²) in [5, 5.41) is 9.05. The largest absolute Gasteiger partial charge is 0.481 e. The van der Waals surface area contributed by atoms with Crippen molar-refractivity contribution in [3.8, 4) is 0 Å². The topological polar surface area (TPSA) is 63.6 Å². The average Bonchev–Trinajstić information content (AvgIpc) is 2.92. The first-order valence-electron chi connectivity index (χ1n) is 17.1. The van der Waals surface area contributed by atoms with Gasteiger partial charge < -0.3 is 9.84 Å². The molecular formula is C35H66O4. The smallest absolute Gasteiger partial charge is 0.309 e. The van der Waals surface area contributed by atoms with Gasteiger partial charge in [0.05, 0.1) is 18.9 Å². The predicted molar refractivity (Wildman–Crippen MR) is 167 cm³/mol. The number of rotatable bonds is 31. The van der Waals surface area contributed by atoms with Crippen LogP contribution in [-0.2, 0) is 14.3 Å². The van der Waals surface area contributed by atoms with Gasteiger partial charge in [-0.1, -0.05) is 154 Å². The Hall–Kier alpha value is -1.32. The number of ether oxygens (including phenoxy) is 1. The molecule has 0 aromatic rings. The van der Waals surface area contributed by atoms with Gasteiger partial charge in [-0.3, -0.25) is 9.59 Å². The van der Waals surface area contributed by atoms with Crippen molar-refractivity contribution in [2.75, 3.05) is 6.61 Å². The lowest BCUT2D eigenvalue weighted by Crippen LogP contribution is -2.21. The number of carboxylic acids is 1. The molecule has 1 N–H and O–H groups in total. The third-order valence-corrected chi connectivity index (χ3v) is 7.77. The van der Waals surface area contributed by atoms with Gasteiger partial charge in [-0.05, 0) is 38.5 Å². The van der Waals surface area contributed by atoms with Crippen LogP contribution in [0, 0.1) is 5.92 Å². The molecule has 4 heteroatoms. The fourth-order valence-electron chi connectivity index (χ4n) is 5.24. The van der Waals surface area contributed by atoms with Gasteiger partial charge >= 0.3 is 11.9 Å². The Labute approximate surface area is 243 Å². The molecule has 1 atom stereocenters. The van der Waals surface area contributed by atoms with Gasteiger partial charge in [0.15, 0.2) is 0 Å². The van der Waals surface area contributed by atoms with Crippen LogP contribution in [-0.4, -0.2) is 23.7 Å². The van der Waals surface area contributed by atoms with Crippen LogP contribution in [0.2, 0.25) is 0 Å². The van der Waals surface area contributed by atoms with E-state index in [1.54, 1.807) is 0 Å². The van der Waals surface area contributed by atoms with E-state index in [2.05, 4.69) is 19.1 Å². The first kappa shape index (κ1) is 37.7. The second kappa shape index (κ2) is 31.2. The summed E-state index contributed by atoms with van der Waals surface area (Å²) >= 11 is 0. The highest BCUT2D eigenvalue weighted by atomic mass is 16.5. The molecule has 0 amide bonds. The van der Waals surface area contributed by atoms with E-state index >= 15 is 0 Å². The zero-order valence-electron chi connectivity index (χ0n) is 26.2. The first-order valence-corrected chi connectivity index (χ1v) is 17.1. The minimum atomic E-state index is -0.915. The lowest BCUT2D eigenvalue weighted by atomic mass is 9.97. The van der Waals surface area contributed by atoms with E-state index in [1.807, 2.05) is 6.92 Å². The van der Waals surface area contributed by atoms with Gasteiger partial charge in [0.25, 0.3) is 0 Å². The molecular weight excluding hydrogens is 484 g/mol. The van der Waals surface area contributed by atoms with E-state index in [9.17, 15) is 9.59 Å². The Morgan fingerprint density at radius 3 is 1.33 bits per heavy atom. The second-order valence-electron chi connectivity index (χ2n) is 11.7. The summed E-state index contributed by atoms with van der Waals surface area (Å²) in [6, 6.07) is 0. The lowest BCUT2D eigenvalue weighted by molar-refractivity contribution is -0.153. The number of hydrogen-bond acceptors (Lipinski definition) is 3. The number of hydrogen-bond donors (Lipinski definition) is 1. The van der Waals surface area contributed by atoms with Crippen LogP contribution in [0.15, 0.2) is 12.2 Å². The zero-order chi connectivity index (χ0) is 28.7. The van der Waals surface area contributed by atoms with Crippen molar-refractivity contribution in [1.82, 2.24) is 0 Å². The molecule has 230 valence electrons. The summed E-state index contributed by atoms with van der Waals surface area (Å²) in [6.45, 7) is 4.59. The number of carbonyl (C=O) groups excluding carboxylic acids is 1. The van der Waals surface area contributed by atoms with E-state index in [0.717, 1.165) is 19.3 Å². The molecule has 0 saturated carbocycles. The minimum absolute atomic E-state index is 0.111. The van der Waals surface area contributed by atoms with E-state index in [1.165, 1.54) is 141 Å². The van der Waals surface area contributed by atoms with Gasteiger partial charge in [0.1, 0.15) is 0 Å². The normalized spacial score (nSPS) is 12.3. The molecule has 0 aromatic heterocycles. The fourth-order valence-corrected chi connectivity index (χ4v) is 5.24. The van der Waals surface area contributed by atoms with Crippen molar-refractivity contribution in [3.63, 3.8) is 0 Å². The maximum atomic E-state index is 12.0. The lowest BCUT2D eigenvalue weighted by Gasteiger charge is -2.13. The van der Waals surface area contributed by atoms with Crippen molar-refractivity contribution in [2.45, 2.75) is 187 Å². The van der Waals surface area contributed by atoms with Gasteiger partial charge in [0.2, 0.25) is 0 Å². The van der Waals surface area contributed by atoms with Crippen molar-refractivity contribution in [3.05, 3.63) is 12.2 Å². The minimum Gasteiger partial charge on any atom is -0.481 e. The molecule has 4 nitrogen and oxygen atoms in total. The molecule has 0 spiro atoms. The Morgan fingerprint density at radius 1 is 0.564 bits per heavy atom. The van der Waals surface area contributed by atoms with Crippen LogP contribution in [0.25, 0.3) is 0 Å². The summed E-state index contributed by atoms with van der Waals surface area (Å²) < 4.78 is 5.16. The zero-order valence-corrected chi connectivity index (χ0v) is 26.2. The third kappa shape index (κ3) is 29.5. The van der Waals surface area contributed by atoms with Crippen molar-refractivity contribution in [1.29, 1.82) is 0 Å². The summed E-state index contributed by atoms with van der Waals surface area (Å²) in [5.41, 5.74) is 0. The average molecular weight is 551 g/mol. The Kier molecular flexibility index (Phi) is 30.2. The SMILES string of the molecule is CCCCC/C=C/CCCCCCCCCCCCCCCCCCCCCC(CC(=O)O)C(=O)OCCC. The highest BCUT2D eigenvalue weighted by molar-refractivity contribution is 5.79. The molecule has 0 heterocycles. The van der Waals surface area contributed by atoms with Crippen molar-refractivity contribution >= 4 is 11.9 Å². The van der Waals surface area contributed by atoms with Crippen LogP contribution >= 0.6 is 0 Å². The molecule has 1 unspecified atom stereocenters. The molecule has 0 aliphatic carbocycles. The molecule has 0 saturated heterocycles. The Balaban J connectivity index is 3.33. The number of aliphatic carboxylic acids is 1. The molecule has 0 aliphatic rings. The van der Waals surface area contributed by atoms with Crippen LogP contribution < -0.4 is 0 Å². The number of unbranched alkanes of at least 4 members (excludes halogenated alkanes) is 22. The Bertz CT molecular complexity index is 557. The van der Waals surface area contributed by atoms with Crippen LogP contribution in [0.4, 0.5) is 0 Å². The number of esters is 1. The number of carbonyl (C=O) groups is 2. The molecule has 0 fully saturated rings. The predicted octanol–water partition coefficient (Wildman–Crippen LogP) is 11.4. The van der Waals surface area contributed by atoms with Crippen LogP contribution in [0.1, 0.15) is 187 Å². The summed E-state index contributed by atoms with van der Waals surface area (Å²) in [4.78, 5) is 23.1. The molecule has 0 aromatic carbocycles. The first-order chi connectivity index (χ1) is 19.1. The van der Waals surface area contributed by atoms with E-state index in [-0.39, 0.29) is 12.4 Å². The third-order valence-electron chi connectivity index (χ3n) is 7.77. The highest BCUT2D eigenvalue weighted by Gasteiger charge is 2.22. The standard InChI is InChI=1S/C35H66O4/c1-3-5-6-7-8-9-10-11-12-13-14-15-16-17-18-19-20-21-22-23-24-25-26-27-28-29-30-33(32-34(36)37)35(38)39-31-4-2/h8-9,33H,3-7,10-32H2,1-2H3,(H,36,37)/b9-8+. The monoisotopic (exact) mass is 550 g/mol. The highest BCUT2D eigenvalue weighted by Crippen LogP contribution is 2.18. The maximum absolute atomic E-state index is 12.0. The number of allylic oxidation sites excluding steroid dienone is 2. The van der Waals surface area contributed by atoms with Crippen LogP contribution in [0.5, 0.6) is 0 Å².